The Morgan fingerprint density at radius 3 is 1.45 bits per heavy atom. The third-order valence-corrected chi connectivity index (χ3v) is 16.2. The van der Waals surface area contributed by atoms with Crippen molar-refractivity contribution < 1.29 is 0 Å². The molecule has 0 saturated carbocycles. The molecule has 14 rings (SSSR count). The Balaban J connectivity index is 1.00. The van der Waals surface area contributed by atoms with Crippen molar-refractivity contribution in [3.8, 4) is 28.2 Å². The molecule has 0 radical (unpaired) electrons. The Bertz CT molecular complexity index is 3900. The van der Waals surface area contributed by atoms with Gasteiger partial charge in [0.05, 0.1) is 33.1 Å². The van der Waals surface area contributed by atoms with Crippen LogP contribution >= 0.6 is 23.5 Å². The van der Waals surface area contributed by atoms with Crippen LogP contribution in [0.15, 0.2) is 208 Å². The maximum Gasteiger partial charge on any atom is 0.0622 e. The van der Waals surface area contributed by atoms with Crippen LogP contribution in [0.5, 0.6) is 0 Å². The zero-order valence-corrected chi connectivity index (χ0v) is 35.7. The van der Waals surface area contributed by atoms with Gasteiger partial charge in [0, 0.05) is 79.9 Å². The van der Waals surface area contributed by atoms with Gasteiger partial charge in [0.2, 0.25) is 0 Å². The summed E-state index contributed by atoms with van der Waals surface area (Å²) in [5, 5.41) is 7.55. The molecule has 0 spiro atoms. The highest BCUT2D eigenvalue weighted by molar-refractivity contribution is 8.05. The summed E-state index contributed by atoms with van der Waals surface area (Å²) in [5.74, 6) is 0. The third kappa shape index (κ3) is 4.64. The number of hydrogen-bond donors (Lipinski definition) is 0. The molecule has 1 aliphatic heterocycles. The molecule has 3 aromatic heterocycles. The average Bonchev–Trinajstić information content (AvgIpc) is 4.01. The van der Waals surface area contributed by atoms with Gasteiger partial charge in [0.1, 0.15) is 0 Å². The first-order valence-corrected chi connectivity index (χ1v) is 23.0. The van der Waals surface area contributed by atoms with Gasteiger partial charge in [0.25, 0.3) is 0 Å². The highest BCUT2D eigenvalue weighted by atomic mass is 32.2. The molecule has 0 unspecified atom stereocenters. The maximum atomic E-state index is 2.56. The van der Waals surface area contributed by atoms with Gasteiger partial charge in [-0.1, -0.05) is 134 Å². The third-order valence-electron chi connectivity index (χ3n) is 13.7. The topological polar surface area (TPSA) is 14.8 Å². The van der Waals surface area contributed by atoms with E-state index in [1.165, 1.54) is 119 Å². The minimum Gasteiger partial charge on any atom is -0.309 e. The fraction of sp³-hybridized carbons (Fsp3) is 0.0526. The monoisotopic (exact) mass is 827 g/mol. The van der Waals surface area contributed by atoms with Crippen LogP contribution in [-0.2, 0) is 5.41 Å². The Hall–Kier alpha value is -6.92. The molecule has 5 heteroatoms. The number of para-hydroxylation sites is 4. The second kappa shape index (κ2) is 12.6. The molecule has 2 aliphatic rings. The van der Waals surface area contributed by atoms with Crippen LogP contribution in [0.2, 0.25) is 0 Å². The SMILES string of the molecule is CC1(C)c2cc3c(cc2-c2c1ccc1c4ccccc4n(-c4ccc5c(c4)c4ccccc4n5-c4ccc5c(c4)c4ccccc4n5-c4ccccc4)c21)Sc1ccccc1S3. The molecule has 12 aromatic rings. The van der Waals surface area contributed by atoms with E-state index in [-0.39, 0.29) is 5.41 Å². The van der Waals surface area contributed by atoms with Gasteiger partial charge in [-0.3, -0.25) is 0 Å². The lowest BCUT2D eigenvalue weighted by Crippen LogP contribution is -2.15. The van der Waals surface area contributed by atoms with Gasteiger partial charge in [-0.15, -0.1) is 0 Å². The summed E-state index contributed by atoms with van der Waals surface area (Å²) in [7, 11) is 0. The fourth-order valence-electron chi connectivity index (χ4n) is 10.9. The van der Waals surface area contributed by atoms with Crippen LogP contribution in [-0.4, -0.2) is 13.7 Å². The Kier molecular flexibility index (Phi) is 7.05. The van der Waals surface area contributed by atoms with E-state index in [1.54, 1.807) is 0 Å². The van der Waals surface area contributed by atoms with Gasteiger partial charge in [0.15, 0.2) is 0 Å². The lowest BCUT2D eigenvalue weighted by molar-refractivity contribution is 0.658. The predicted octanol–water partition coefficient (Wildman–Crippen LogP) is 15.9. The van der Waals surface area contributed by atoms with Gasteiger partial charge < -0.3 is 13.7 Å². The van der Waals surface area contributed by atoms with Crippen molar-refractivity contribution in [1.82, 2.24) is 13.7 Å². The number of aromatic nitrogens is 3. The maximum absolute atomic E-state index is 2.56. The quantitative estimate of drug-likeness (QED) is 0.176. The van der Waals surface area contributed by atoms with Gasteiger partial charge in [-0.2, -0.15) is 0 Å². The second-order valence-electron chi connectivity index (χ2n) is 17.3. The molecule has 0 fully saturated rings. The van der Waals surface area contributed by atoms with Gasteiger partial charge >= 0.3 is 0 Å². The van der Waals surface area contributed by atoms with Crippen molar-refractivity contribution in [3.63, 3.8) is 0 Å². The highest BCUT2D eigenvalue weighted by Gasteiger charge is 2.39. The molecule has 4 heterocycles. The van der Waals surface area contributed by atoms with Crippen LogP contribution in [0.1, 0.15) is 25.0 Å². The van der Waals surface area contributed by atoms with E-state index in [0.717, 1.165) is 5.69 Å². The standard InChI is InChI=1S/C57H37N3S2/c1-57(2)44-27-26-40-37-16-6-11-21-48(37)60(56(40)55(44)43-32-53-54(33-45(43)57)62-52-23-13-12-22-51(52)61-53)36-25-29-50-42(31-36)39-18-8-10-20-47(39)59(50)35-24-28-49-41(30-35)38-17-7-9-19-46(38)58(49)34-14-4-3-5-15-34/h3-33H,1-2H3. The van der Waals surface area contributed by atoms with Crippen molar-refractivity contribution in [1.29, 1.82) is 0 Å². The van der Waals surface area contributed by atoms with Crippen molar-refractivity contribution in [3.05, 3.63) is 199 Å². The number of rotatable bonds is 3. The van der Waals surface area contributed by atoms with E-state index < -0.39 is 0 Å². The Morgan fingerprint density at radius 1 is 0.339 bits per heavy atom. The van der Waals surface area contributed by atoms with Crippen molar-refractivity contribution in [2.24, 2.45) is 0 Å². The zero-order valence-electron chi connectivity index (χ0n) is 34.1. The number of nitrogens with zero attached hydrogens (tertiary/aromatic N) is 3. The normalized spacial score (nSPS) is 14.0. The van der Waals surface area contributed by atoms with E-state index in [9.17, 15) is 0 Å². The van der Waals surface area contributed by atoms with Crippen LogP contribution in [0.25, 0.3) is 93.6 Å². The molecular formula is C57H37N3S2. The van der Waals surface area contributed by atoms with Crippen LogP contribution in [0, 0.1) is 0 Å². The molecule has 3 nitrogen and oxygen atoms in total. The predicted molar refractivity (Wildman–Crippen MR) is 262 cm³/mol. The average molecular weight is 828 g/mol. The van der Waals surface area contributed by atoms with Crippen LogP contribution in [0.4, 0.5) is 0 Å². The summed E-state index contributed by atoms with van der Waals surface area (Å²) in [5.41, 5.74) is 16.2. The first-order valence-electron chi connectivity index (χ1n) is 21.3. The highest BCUT2D eigenvalue weighted by Crippen LogP contribution is 2.58. The molecule has 0 atom stereocenters. The number of hydrogen-bond acceptors (Lipinski definition) is 2. The second-order valence-corrected chi connectivity index (χ2v) is 19.5. The smallest absolute Gasteiger partial charge is 0.0622 e. The minimum atomic E-state index is -0.150. The van der Waals surface area contributed by atoms with Crippen LogP contribution in [0.3, 0.4) is 0 Å². The molecule has 0 saturated heterocycles. The van der Waals surface area contributed by atoms with Crippen molar-refractivity contribution in [2.45, 2.75) is 38.8 Å². The van der Waals surface area contributed by atoms with E-state index in [1.807, 2.05) is 23.5 Å². The summed E-state index contributed by atoms with van der Waals surface area (Å²) in [6.07, 6.45) is 0. The largest absolute Gasteiger partial charge is 0.309 e. The molecular weight excluding hydrogens is 791 g/mol. The molecule has 1 aliphatic carbocycles. The van der Waals surface area contributed by atoms with E-state index in [4.69, 9.17) is 0 Å². The Labute approximate surface area is 366 Å². The minimum absolute atomic E-state index is 0.150. The summed E-state index contributed by atoms with van der Waals surface area (Å²) < 4.78 is 7.41. The van der Waals surface area contributed by atoms with Crippen molar-refractivity contribution in [2.75, 3.05) is 0 Å². The first kappa shape index (κ1) is 34.8. The number of benzene rings is 9. The van der Waals surface area contributed by atoms with Crippen molar-refractivity contribution >= 4 is 88.9 Å². The summed E-state index contributed by atoms with van der Waals surface area (Å²) in [6, 6.07) is 70.1. The lowest BCUT2D eigenvalue weighted by atomic mass is 9.82. The molecule has 292 valence electrons. The molecule has 0 bridgehead atoms. The zero-order chi connectivity index (χ0) is 40.8. The lowest BCUT2D eigenvalue weighted by Gasteiger charge is -2.24. The van der Waals surface area contributed by atoms with E-state index in [0.29, 0.717) is 0 Å². The van der Waals surface area contributed by atoms with Gasteiger partial charge in [-0.05, 0) is 108 Å². The Morgan fingerprint density at radius 2 is 0.823 bits per heavy atom. The summed E-state index contributed by atoms with van der Waals surface area (Å²) >= 11 is 3.82. The summed E-state index contributed by atoms with van der Waals surface area (Å²) in [4.78, 5) is 5.37. The van der Waals surface area contributed by atoms with Gasteiger partial charge in [-0.25, -0.2) is 0 Å². The van der Waals surface area contributed by atoms with Crippen LogP contribution < -0.4 is 0 Å². The van der Waals surface area contributed by atoms with E-state index >= 15 is 0 Å². The molecule has 9 aromatic carbocycles. The summed E-state index contributed by atoms with van der Waals surface area (Å²) in [6.45, 7) is 4.82. The molecule has 62 heavy (non-hydrogen) atoms. The van der Waals surface area contributed by atoms with E-state index in [2.05, 4.69) is 216 Å². The first-order chi connectivity index (χ1) is 30.5. The molecule has 0 N–H and O–H groups in total. The molecule has 0 amide bonds. The number of fused-ring (bicyclic) bond motifs is 15. The fourth-order valence-corrected chi connectivity index (χ4v) is 13.2.